The fraction of sp³-hybridized carbons (Fsp3) is 0.588. The van der Waals surface area contributed by atoms with E-state index in [0.29, 0.717) is 26.1 Å². The van der Waals surface area contributed by atoms with Crippen LogP contribution in [-0.2, 0) is 20.9 Å². The van der Waals surface area contributed by atoms with E-state index in [0.717, 1.165) is 38.4 Å². The molecule has 0 spiro atoms. The van der Waals surface area contributed by atoms with Crippen molar-refractivity contribution in [1.82, 2.24) is 20.1 Å². The van der Waals surface area contributed by atoms with Crippen molar-refractivity contribution in [3.8, 4) is 0 Å². The van der Waals surface area contributed by atoms with E-state index < -0.39 is 0 Å². The lowest BCUT2D eigenvalue weighted by Crippen LogP contribution is -2.43. The zero-order chi connectivity index (χ0) is 17.2. The van der Waals surface area contributed by atoms with Crippen LogP contribution in [0.4, 0.5) is 0 Å². The largest absolute Gasteiger partial charge is 0.379 e. The summed E-state index contributed by atoms with van der Waals surface area (Å²) in [5, 5.41) is 2.85. The van der Waals surface area contributed by atoms with Crippen molar-refractivity contribution < 1.29 is 14.3 Å². The van der Waals surface area contributed by atoms with Gasteiger partial charge in [0.05, 0.1) is 13.2 Å². The van der Waals surface area contributed by atoms with E-state index in [1.165, 1.54) is 0 Å². The summed E-state index contributed by atoms with van der Waals surface area (Å²) >= 11 is 0. The lowest BCUT2D eigenvalue weighted by molar-refractivity contribution is -0.130. The molecule has 1 aliphatic heterocycles. The molecule has 24 heavy (non-hydrogen) atoms. The van der Waals surface area contributed by atoms with Gasteiger partial charge < -0.3 is 15.0 Å². The number of amides is 2. The van der Waals surface area contributed by atoms with E-state index in [1.54, 1.807) is 24.2 Å². The Morgan fingerprint density at radius 3 is 2.79 bits per heavy atom. The second-order valence-electron chi connectivity index (χ2n) is 5.85. The Morgan fingerprint density at radius 2 is 2.12 bits per heavy atom. The normalized spacial score (nSPS) is 15.0. The predicted octanol–water partition coefficient (Wildman–Crippen LogP) is 0.269. The maximum absolute atomic E-state index is 12.0. The first-order valence-electron chi connectivity index (χ1n) is 8.36. The molecule has 0 bridgehead atoms. The van der Waals surface area contributed by atoms with E-state index in [9.17, 15) is 9.59 Å². The molecule has 1 saturated heterocycles. The summed E-state index contributed by atoms with van der Waals surface area (Å²) < 4.78 is 5.32. The van der Waals surface area contributed by atoms with Gasteiger partial charge in [-0.3, -0.25) is 19.5 Å². The average molecular weight is 334 g/mol. The van der Waals surface area contributed by atoms with Gasteiger partial charge >= 0.3 is 0 Å². The second kappa shape index (κ2) is 10.00. The molecule has 1 aromatic heterocycles. The molecule has 0 aliphatic carbocycles. The molecule has 1 fully saturated rings. The van der Waals surface area contributed by atoms with Gasteiger partial charge in [-0.05, 0) is 11.6 Å². The van der Waals surface area contributed by atoms with E-state index in [-0.39, 0.29) is 11.8 Å². The minimum absolute atomic E-state index is 0.00307. The number of hydrogen-bond donors (Lipinski definition) is 1. The van der Waals surface area contributed by atoms with Crippen LogP contribution < -0.4 is 5.32 Å². The predicted molar refractivity (Wildman–Crippen MR) is 90.2 cm³/mol. The number of pyridine rings is 1. The standard InChI is InChI=1S/C17H26N4O3/c1-15(22)21(8-7-20-9-11-24-12-10-20)6-4-17(23)19-14-16-3-2-5-18-13-16/h2-3,5,13H,4,6-12,14H2,1H3,(H,19,23). The van der Waals surface area contributed by atoms with Crippen molar-refractivity contribution in [3.63, 3.8) is 0 Å². The Balaban J connectivity index is 1.68. The van der Waals surface area contributed by atoms with Gasteiger partial charge in [-0.15, -0.1) is 0 Å². The van der Waals surface area contributed by atoms with Crippen molar-refractivity contribution in [2.75, 3.05) is 45.9 Å². The van der Waals surface area contributed by atoms with Crippen molar-refractivity contribution in [2.45, 2.75) is 19.9 Å². The molecular weight excluding hydrogens is 308 g/mol. The summed E-state index contributed by atoms with van der Waals surface area (Å²) in [6.07, 6.45) is 3.73. The SMILES string of the molecule is CC(=O)N(CCC(=O)NCc1cccnc1)CCN1CCOCC1. The van der Waals surface area contributed by atoms with Crippen LogP contribution >= 0.6 is 0 Å². The van der Waals surface area contributed by atoms with Gasteiger partial charge in [-0.2, -0.15) is 0 Å². The number of aromatic nitrogens is 1. The smallest absolute Gasteiger partial charge is 0.222 e. The summed E-state index contributed by atoms with van der Waals surface area (Å²) in [6, 6.07) is 3.75. The molecule has 1 aliphatic rings. The Kier molecular flexibility index (Phi) is 7.64. The highest BCUT2D eigenvalue weighted by Gasteiger charge is 2.15. The number of hydrogen-bond acceptors (Lipinski definition) is 5. The van der Waals surface area contributed by atoms with Gasteiger partial charge in [-0.25, -0.2) is 0 Å². The van der Waals surface area contributed by atoms with Crippen molar-refractivity contribution in [2.24, 2.45) is 0 Å². The number of nitrogens with one attached hydrogen (secondary N) is 1. The molecule has 0 radical (unpaired) electrons. The first-order chi connectivity index (χ1) is 11.6. The Bertz CT molecular complexity index is 518. The van der Waals surface area contributed by atoms with Crippen molar-refractivity contribution in [1.29, 1.82) is 0 Å². The molecule has 2 heterocycles. The van der Waals surface area contributed by atoms with Crippen LogP contribution in [0.2, 0.25) is 0 Å². The van der Waals surface area contributed by atoms with Gasteiger partial charge in [0, 0.05) is 65.0 Å². The quantitative estimate of drug-likeness (QED) is 0.739. The summed E-state index contributed by atoms with van der Waals surface area (Å²) in [5.74, 6) is -0.0557. The van der Waals surface area contributed by atoms with E-state index in [1.807, 2.05) is 12.1 Å². The van der Waals surface area contributed by atoms with Crippen LogP contribution in [0.5, 0.6) is 0 Å². The molecule has 0 atom stereocenters. The molecule has 0 unspecified atom stereocenters. The zero-order valence-corrected chi connectivity index (χ0v) is 14.2. The monoisotopic (exact) mass is 334 g/mol. The summed E-state index contributed by atoms with van der Waals surface area (Å²) in [5.41, 5.74) is 0.960. The Morgan fingerprint density at radius 1 is 1.33 bits per heavy atom. The van der Waals surface area contributed by atoms with E-state index >= 15 is 0 Å². The first kappa shape index (κ1) is 18.4. The minimum Gasteiger partial charge on any atom is -0.379 e. The molecule has 0 aromatic carbocycles. The topological polar surface area (TPSA) is 74.8 Å². The van der Waals surface area contributed by atoms with Gasteiger partial charge in [0.2, 0.25) is 11.8 Å². The third kappa shape index (κ3) is 6.64. The molecule has 7 nitrogen and oxygen atoms in total. The van der Waals surface area contributed by atoms with Crippen LogP contribution in [0.3, 0.4) is 0 Å². The highest BCUT2D eigenvalue weighted by Crippen LogP contribution is 2.00. The third-order valence-electron chi connectivity index (χ3n) is 4.06. The Hall–Kier alpha value is -1.99. The highest BCUT2D eigenvalue weighted by atomic mass is 16.5. The minimum atomic E-state index is -0.0588. The number of ether oxygens (including phenoxy) is 1. The van der Waals surface area contributed by atoms with E-state index in [2.05, 4.69) is 15.2 Å². The second-order valence-corrected chi connectivity index (χ2v) is 5.85. The number of carbonyl (C=O) groups excluding carboxylic acids is 2. The number of carbonyl (C=O) groups is 2. The van der Waals surface area contributed by atoms with Crippen LogP contribution in [0.15, 0.2) is 24.5 Å². The van der Waals surface area contributed by atoms with Gasteiger partial charge in [-0.1, -0.05) is 6.07 Å². The molecule has 132 valence electrons. The zero-order valence-electron chi connectivity index (χ0n) is 14.2. The van der Waals surface area contributed by atoms with Crippen molar-refractivity contribution in [3.05, 3.63) is 30.1 Å². The fourth-order valence-corrected chi connectivity index (χ4v) is 2.54. The van der Waals surface area contributed by atoms with Crippen LogP contribution in [0, 0.1) is 0 Å². The molecule has 0 saturated carbocycles. The highest BCUT2D eigenvalue weighted by molar-refractivity contribution is 5.78. The molecule has 1 N–H and O–H groups in total. The average Bonchev–Trinajstić information content (AvgIpc) is 2.61. The summed E-state index contributed by atoms with van der Waals surface area (Å²) in [6.45, 7) is 7.21. The molecule has 7 heteroatoms. The summed E-state index contributed by atoms with van der Waals surface area (Å²) in [7, 11) is 0. The fourth-order valence-electron chi connectivity index (χ4n) is 2.54. The lowest BCUT2D eigenvalue weighted by Gasteiger charge is -2.29. The maximum Gasteiger partial charge on any atom is 0.222 e. The van der Waals surface area contributed by atoms with Crippen LogP contribution in [0.25, 0.3) is 0 Å². The van der Waals surface area contributed by atoms with Crippen molar-refractivity contribution >= 4 is 11.8 Å². The number of rotatable bonds is 8. The lowest BCUT2D eigenvalue weighted by atomic mass is 10.2. The van der Waals surface area contributed by atoms with Gasteiger partial charge in [0.25, 0.3) is 0 Å². The number of morpholine rings is 1. The number of nitrogens with zero attached hydrogens (tertiary/aromatic N) is 3. The first-order valence-corrected chi connectivity index (χ1v) is 8.36. The van der Waals surface area contributed by atoms with Crippen LogP contribution in [-0.4, -0.2) is 72.5 Å². The van der Waals surface area contributed by atoms with E-state index in [4.69, 9.17) is 4.74 Å². The summed E-state index contributed by atoms with van der Waals surface area (Å²) in [4.78, 5) is 31.7. The molecule has 1 aromatic rings. The molecule has 2 rings (SSSR count). The van der Waals surface area contributed by atoms with Crippen LogP contribution in [0.1, 0.15) is 18.9 Å². The van der Waals surface area contributed by atoms with Gasteiger partial charge in [0.1, 0.15) is 0 Å². The molecular formula is C17H26N4O3. The third-order valence-corrected chi connectivity index (χ3v) is 4.06. The maximum atomic E-state index is 12.0. The molecule has 2 amide bonds. The van der Waals surface area contributed by atoms with Gasteiger partial charge in [0.15, 0.2) is 0 Å². The Labute approximate surface area is 143 Å².